The lowest BCUT2D eigenvalue weighted by Crippen LogP contribution is -2.08. The molecule has 1 aliphatic heterocycles. The topological polar surface area (TPSA) is 71.1 Å². The Labute approximate surface area is 183 Å². The highest BCUT2D eigenvalue weighted by Gasteiger charge is 2.30. The summed E-state index contributed by atoms with van der Waals surface area (Å²) in [5.41, 5.74) is 1.84. The second kappa shape index (κ2) is 8.55. The number of hydrogen-bond donors (Lipinski definition) is 0. The molecule has 0 bridgehead atoms. The van der Waals surface area contributed by atoms with Crippen LogP contribution in [0.4, 0.5) is 4.39 Å². The summed E-state index contributed by atoms with van der Waals surface area (Å²) in [4.78, 5) is 25.3. The summed E-state index contributed by atoms with van der Waals surface area (Å²) in [6, 6.07) is 13.3. The summed E-state index contributed by atoms with van der Waals surface area (Å²) in [5, 5.41) is 0. The summed E-state index contributed by atoms with van der Waals surface area (Å²) >= 11 is 0. The second-order valence-corrected chi connectivity index (χ2v) is 7.06. The van der Waals surface area contributed by atoms with Gasteiger partial charge < -0.3 is 18.9 Å². The number of halogens is 1. The van der Waals surface area contributed by atoms with Crippen LogP contribution in [0.1, 0.15) is 31.8 Å². The number of esters is 1. The van der Waals surface area contributed by atoms with Crippen molar-refractivity contribution in [3.8, 4) is 23.0 Å². The first-order valence-corrected chi connectivity index (χ1v) is 9.68. The number of Topliss-reactive ketones (excluding diaryl/α,β-unsaturated/α-hetero) is 1. The minimum absolute atomic E-state index is 0.119. The van der Waals surface area contributed by atoms with Crippen LogP contribution in [0, 0.1) is 12.7 Å². The first kappa shape index (κ1) is 21.1. The summed E-state index contributed by atoms with van der Waals surface area (Å²) in [6.07, 6.45) is 1.59. The van der Waals surface area contributed by atoms with Crippen LogP contribution in [0.5, 0.6) is 23.0 Å². The van der Waals surface area contributed by atoms with Crippen LogP contribution in [-0.4, -0.2) is 26.0 Å². The van der Waals surface area contributed by atoms with Crippen molar-refractivity contribution in [1.29, 1.82) is 0 Å². The lowest BCUT2D eigenvalue weighted by molar-refractivity contribution is 0.0734. The largest absolute Gasteiger partial charge is 0.497 e. The zero-order chi connectivity index (χ0) is 22.8. The van der Waals surface area contributed by atoms with E-state index in [2.05, 4.69) is 0 Å². The van der Waals surface area contributed by atoms with Crippen molar-refractivity contribution in [2.24, 2.45) is 0 Å². The van der Waals surface area contributed by atoms with Gasteiger partial charge in [0.15, 0.2) is 5.76 Å². The molecule has 3 aromatic rings. The van der Waals surface area contributed by atoms with E-state index in [9.17, 15) is 14.0 Å². The average Bonchev–Trinajstić information content (AvgIpc) is 3.09. The van der Waals surface area contributed by atoms with E-state index < -0.39 is 11.8 Å². The van der Waals surface area contributed by atoms with Gasteiger partial charge in [-0.15, -0.1) is 0 Å². The van der Waals surface area contributed by atoms with E-state index in [0.717, 1.165) is 0 Å². The van der Waals surface area contributed by atoms with Crippen molar-refractivity contribution in [3.05, 3.63) is 88.4 Å². The maximum absolute atomic E-state index is 13.1. The Morgan fingerprint density at radius 1 is 0.969 bits per heavy atom. The zero-order valence-corrected chi connectivity index (χ0v) is 17.6. The van der Waals surface area contributed by atoms with Crippen LogP contribution >= 0.6 is 0 Å². The van der Waals surface area contributed by atoms with Crippen molar-refractivity contribution in [2.75, 3.05) is 14.2 Å². The Balaban J connectivity index is 1.61. The van der Waals surface area contributed by atoms with Gasteiger partial charge in [-0.05, 0) is 61.0 Å². The van der Waals surface area contributed by atoms with Crippen LogP contribution in [-0.2, 0) is 0 Å². The molecule has 7 heteroatoms. The molecular formula is C25H19FO6. The molecule has 0 radical (unpaired) electrons. The van der Waals surface area contributed by atoms with Gasteiger partial charge in [0, 0.05) is 17.7 Å². The quantitative estimate of drug-likeness (QED) is 0.320. The highest BCUT2D eigenvalue weighted by atomic mass is 19.1. The smallest absolute Gasteiger partial charge is 0.343 e. The lowest BCUT2D eigenvalue weighted by atomic mass is 10.0. The molecule has 0 fully saturated rings. The first-order chi connectivity index (χ1) is 15.4. The van der Waals surface area contributed by atoms with Crippen molar-refractivity contribution in [1.82, 2.24) is 0 Å². The van der Waals surface area contributed by atoms with Crippen LogP contribution in [0.3, 0.4) is 0 Å². The number of ether oxygens (including phenoxy) is 4. The molecule has 0 spiro atoms. The number of carbonyl (C=O) groups is 2. The minimum Gasteiger partial charge on any atom is -0.497 e. The van der Waals surface area contributed by atoms with E-state index >= 15 is 0 Å². The predicted octanol–water partition coefficient (Wildman–Crippen LogP) is 4.99. The maximum Gasteiger partial charge on any atom is 0.343 e. The molecule has 0 atom stereocenters. The fraction of sp³-hybridized carbons (Fsp3) is 0.120. The number of benzene rings is 3. The van der Waals surface area contributed by atoms with Crippen molar-refractivity contribution in [2.45, 2.75) is 6.92 Å². The van der Waals surface area contributed by atoms with Crippen molar-refractivity contribution in [3.63, 3.8) is 0 Å². The van der Waals surface area contributed by atoms with Gasteiger partial charge >= 0.3 is 5.97 Å². The molecule has 3 aromatic carbocycles. The molecular weight excluding hydrogens is 415 g/mol. The second-order valence-electron chi connectivity index (χ2n) is 7.06. The number of hydrogen-bond acceptors (Lipinski definition) is 6. The summed E-state index contributed by atoms with van der Waals surface area (Å²) in [6.45, 7) is 1.73. The van der Waals surface area contributed by atoms with E-state index in [-0.39, 0.29) is 28.6 Å². The fourth-order valence-corrected chi connectivity index (χ4v) is 3.37. The first-order valence-electron chi connectivity index (χ1n) is 9.68. The molecule has 162 valence electrons. The van der Waals surface area contributed by atoms with E-state index in [0.29, 0.717) is 28.2 Å². The monoisotopic (exact) mass is 434 g/mol. The number of rotatable bonds is 5. The number of fused-ring (bicyclic) bond motifs is 1. The van der Waals surface area contributed by atoms with Gasteiger partial charge in [0.2, 0.25) is 5.78 Å². The van der Waals surface area contributed by atoms with Gasteiger partial charge in [-0.2, -0.15) is 0 Å². The van der Waals surface area contributed by atoms with E-state index in [1.807, 2.05) is 0 Å². The Morgan fingerprint density at radius 2 is 1.72 bits per heavy atom. The van der Waals surface area contributed by atoms with Crippen LogP contribution in [0.2, 0.25) is 0 Å². The normalized spacial score (nSPS) is 13.5. The third-order valence-electron chi connectivity index (χ3n) is 4.96. The van der Waals surface area contributed by atoms with Crippen LogP contribution < -0.4 is 18.9 Å². The molecule has 0 aromatic heterocycles. The van der Waals surface area contributed by atoms with Gasteiger partial charge in [0.1, 0.15) is 28.8 Å². The maximum atomic E-state index is 13.1. The Kier molecular flexibility index (Phi) is 5.64. The number of allylic oxidation sites excluding steroid dienone is 1. The van der Waals surface area contributed by atoms with E-state index in [4.69, 9.17) is 18.9 Å². The zero-order valence-electron chi connectivity index (χ0n) is 17.6. The Bertz CT molecular complexity index is 1240. The SMILES string of the molecule is COc1ccc(/C=C2\Oc3cc(OC(=O)c4ccc(F)cc4)cc(C)c3C2=O)c(OC)c1. The van der Waals surface area contributed by atoms with Gasteiger partial charge in [-0.1, -0.05) is 0 Å². The van der Waals surface area contributed by atoms with Crippen LogP contribution in [0.15, 0.2) is 60.4 Å². The van der Waals surface area contributed by atoms with E-state index in [1.54, 1.807) is 44.4 Å². The third kappa shape index (κ3) is 4.05. The molecule has 0 saturated heterocycles. The van der Waals surface area contributed by atoms with E-state index in [1.165, 1.54) is 37.4 Å². The standard InChI is InChI=1S/C25H19FO6/c1-14-10-19(31-25(28)15-4-7-17(26)8-5-15)13-21-23(14)24(27)22(32-21)11-16-6-9-18(29-2)12-20(16)30-3/h4-13H,1-3H3/b22-11-. The van der Waals surface area contributed by atoms with Gasteiger partial charge in [0.05, 0.1) is 25.3 Å². The minimum atomic E-state index is -0.646. The van der Waals surface area contributed by atoms with Crippen molar-refractivity contribution >= 4 is 17.8 Å². The molecule has 32 heavy (non-hydrogen) atoms. The number of methoxy groups -OCH3 is 2. The Hall–Kier alpha value is -4.13. The number of ketones is 1. The predicted molar refractivity (Wildman–Crippen MR) is 115 cm³/mol. The molecule has 1 aliphatic rings. The van der Waals surface area contributed by atoms with Crippen LogP contribution in [0.25, 0.3) is 6.08 Å². The third-order valence-corrected chi connectivity index (χ3v) is 4.96. The summed E-state index contributed by atoms with van der Waals surface area (Å²) in [7, 11) is 3.07. The molecule has 0 amide bonds. The van der Waals surface area contributed by atoms with Gasteiger partial charge in [-0.3, -0.25) is 4.79 Å². The summed E-state index contributed by atoms with van der Waals surface area (Å²) < 4.78 is 34.8. The number of carbonyl (C=O) groups excluding carboxylic acids is 2. The molecule has 0 saturated carbocycles. The molecule has 0 N–H and O–H groups in total. The molecule has 0 aliphatic carbocycles. The molecule has 0 unspecified atom stereocenters. The fourth-order valence-electron chi connectivity index (χ4n) is 3.37. The van der Waals surface area contributed by atoms with Gasteiger partial charge in [0.25, 0.3) is 0 Å². The highest BCUT2D eigenvalue weighted by molar-refractivity contribution is 6.15. The molecule has 1 heterocycles. The highest BCUT2D eigenvalue weighted by Crippen LogP contribution is 2.38. The Morgan fingerprint density at radius 3 is 2.41 bits per heavy atom. The molecule has 4 rings (SSSR count). The number of aryl methyl sites for hydroxylation is 1. The summed E-state index contributed by atoms with van der Waals surface area (Å²) in [5.74, 6) is 0.383. The lowest BCUT2D eigenvalue weighted by Gasteiger charge is -2.08. The average molecular weight is 434 g/mol. The van der Waals surface area contributed by atoms with Crippen molar-refractivity contribution < 1.29 is 32.9 Å². The van der Waals surface area contributed by atoms with Gasteiger partial charge in [-0.25, -0.2) is 9.18 Å². The molecule has 6 nitrogen and oxygen atoms in total.